The molecule has 152 valence electrons. The van der Waals surface area contributed by atoms with E-state index in [2.05, 4.69) is 15.6 Å². The van der Waals surface area contributed by atoms with Crippen LogP contribution in [0.15, 0.2) is 66.7 Å². The summed E-state index contributed by atoms with van der Waals surface area (Å²) in [6.45, 7) is 2.90. The topological polar surface area (TPSA) is 97.4 Å². The zero-order valence-corrected chi connectivity index (χ0v) is 16.6. The Bertz CT molecular complexity index is 1110. The molecule has 2 N–H and O–H groups in total. The Hall–Kier alpha value is -4.00. The molecule has 1 unspecified atom stereocenters. The lowest BCUT2D eigenvalue weighted by Gasteiger charge is -2.12. The molecule has 3 rings (SSSR count). The number of hydrogen-bond donors (Lipinski definition) is 2. The second-order valence-electron chi connectivity index (χ2n) is 6.59. The number of fused-ring (bicyclic) bond motifs is 1. The first-order valence-corrected chi connectivity index (χ1v) is 9.34. The molecule has 0 radical (unpaired) electrons. The van der Waals surface area contributed by atoms with Crippen molar-refractivity contribution in [3.05, 3.63) is 72.4 Å². The highest BCUT2D eigenvalue weighted by Gasteiger charge is 2.16. The average molecular weight is 403 g/mol. The van der Waals surface area contributed by atoms with Gasteiger partial charge in [0.15, 0.2) is 6.10 Å². The molecule has 30 heavy (non-hydrogen) atoms. The summed E-state index contributed by atoms with van der Waals surface area (Å²) in [6.07, 6.45) is 1.80. The number of benzene rings is 2. The van der Waals surface area contributed by atoms with Crippen LogP contribution in [0.4, 0.5) is 11.4 Å². The lowest BCUT2D eigenvalue weighted by molar-refractivity contribution is -0.148. The van der Waals surface area contributed by atoms with Crippen LogP contribution >= 0.6 is 0 Å². The minimum absolute atomic E-state index is 0.181. The van der Waals surface area contributed by atoms with Gasteiger partial charge in [-0.2, -0.15) is 0 Å². The number of anilines is 2. The number of rotatable bonds is 6. The maximum Gasteiger partial charge on any atom is 0.331 e. The van der Waals surface area contributed by atoms with Gasteiger partial charge >= 0.3 is 5.97 Å². The third kappa shape index (κ3) is 5.75. The van der Waals surface area contributed by atoms with Gasteiger partial charge in [-0.1, -0.05) is 24.3 Å². The first-order valence-electron chi connectivity index (χ1n) is 9.34. The van der Waals surface area contributed by atoms with E-state index in [4.69, 9.17) is 4.74 Å². The Morgan fingerprint density at radius 3 is 2.30 bits per heavy atom. The van der Waals surface area contributed by atoms with Gasteiger partial charge in [0.1, 0.15) is 0 Å². The highest BCUT2D eigenvalue weighted by atomic mass is 16.5. The first-order chi connectivity index (χ1) is 14.4. The second-order valence-corrected chi connectivity index (χ2v) is 6.59. The van der Waals surface area contributed by atoms with Crippen LogP contribution in [0, 0.1) is 0 Å². The Labute approximate surface area is 173 Å². The summed E-state index contributed by atoms with van der Waals surface area (Å²) < 4.78 is 5.15. The van der Waals surface area contributed by atoms with Crippen molar-refractivity contribution in [1.82, 2.24) is 4.98 Å². The Morgan fingerprint density at radius 1 is 0.933 bits per heavy atom. The van der Waals surface area contributed by atoms with Crippen molar-refractivity contribution in [2.24, 2.45) is 0 Å². The summed E-state index contributed by atoms with van der Waals surface area (Å²) in [4.78, 5) is 39.7. The van der Waals surface area contributed by atoms with E-state index in [1.54, 1.807) is 36.4 Å². The van der Waals surface area contributed by atoms with Crippen LogP contribution < -0.4 is 10.6 Å². The summed E-state index contributed by atoms with van der Waals surface area (Å²) in [6, 6.07) is 18.0. The van der Waals surface area contributed by atoms with E-state index in [0.717, 1.165) is 10.9 Å². The van der Waals surface area contributed by atoms with Crippen molar-refractivity contribution in [2.45, 2.75) is 20.0 Å². The Morgan fingerprint density at radius 2 is 1.60 bits per heavy atom. The van der Waals surface area contributed by atoms with E-state index in [0.29, 0.717) is 17.1 Å². The molecule has 0 aliphatic carbocycles. The first kappa shape index (κ1) is 20.7. The van der Waals surface area contributed by atoms with E-state index >= 15 is 0 Å². The molecule has 0 saturated carbocycles. The van der Waals surface area contributed by atoms with Crippen LogP contribution in [0.5, 0.6) is 0 Å². The summed E-state index contributed by atoms with van der Waals surface area (Å²) in [5, 5.41) is 6.30. The van der Waals surface area contributed by atoms with Gasteiger partial charge in [-0.3, -0.25) is 9.59 Å². The SMILES string of the molecule is CC(=O)Nc1ccc(NC(=O)C(C)OC(=O)C=Cc2ccc3ccccc3n2)cc1. The van der Waals surface area contributed by atoms with Gasteiger partial charge in [0.05, 0.1) is 11.2 Å². The summed E-state index contributed by atoms with van der Waals surface area (Å²) in [5.74, 6) is -1.29. The molecule has 1 aromatic heterocycles. The van der Waals surface area contributed by atoms with Crippen LogP contribution in [0.1, 0.15) is 19.5 Å². The molecule has 1 heterocycles. The van der Waals surface area contributed by atoms with Gasteiger partial charge < -0.3 is 15.4 Å². The van der Waals surface area contributed by atoms with Crippen LogP contribution in [-0.2, 0) is 19.1 Å². The fourth-order valence-electron chi connectivity index (χ4n) is 2.68. The van der Waals surface area contributed by atoms with Crippen LogP contribution in [0.2, 0.25) is 0 Å². The molecule has 0 saturated heterocycles. The van der Waals surface area contributed by atoms with Gasteiger partial charge in [0.25, 0.3) is 5.91 Å². The maximum absolute atomic E-state index is 12.2. The van der Waals surface area contributed by atoms with Crippen molar-refractivity contribution in [3.63, 3.8) is 0 Å². The smallest absolute Gasteiger partial charge is 0.331 e. The predicted molar refractivity (Wildman–Crippen MR) is 116 cm³/mol. The maximum atomic E-state index is 12.2. The van der Waals surface area contributed by atoms with Crippen LogP contribution in [0.3, 0.4) is 0 Å². The lowest BCUT2D eigenvalue weighted by Crippen LogP contribution is -2.29. The monoisotopic (exact) mass is 403 g/mol. The summed E-state index contributed by atoms with van der Waals surface area (Å²) >= 11 is 0. The van der Waals surface area contributed by atoms with Crippen molar-refractivity contribution < 1.29 is 19.1 Å². The zero-order valence-electron chi connectivity index (χ0n) is 16.6. The van der Waals surface area contributed by atoms with Gasteiger partial charge in [-0.15, -0.1) is 0 Å². The number of aromatic nitrogens is 1. The molecule has 0 aliphatic heterocycles. The van der Waals surface area contributed by atoms with E-state index in [-0.39, 0.29) is 5.91 Å². The van der Waals surface area contributed by atoms with Gasteiger partial charge in [-0.25, -0.2) is 9.78 Å². The van der Waals surface area contributed by atoms with Crippen molar-refractivity contribution in [1.29, 1.82) is 0 Å². The normalized spacial score (nSPS) is 11.8. The highest BCUT2D eigenvalue weighted by Crippen LogP contribution is 2.15. The number of amides is 2. The molecule has 0 spiro atoms. The molecule has 0 bridgehead atoms. The number of carbonyl (C=O) groups is 3. The number of hydrogen-bond acceptors (Lipinski definition) is 5. The number of pyridine rings is 1. The number of nitrogens with zero attached hydrogens (tertiary/aromatic N) is 1. The molecule has 3 aromatic rings. The fourth-order valence-corrected chi connectivity index (χ4v) is 2.68. The molecule has 0 aliphatic rings. The average Bonchev–Trinajstić information content (AvgIpc) is 2.73. The number of carbonyl (C=O) groups excluding carboxylic acids is 3. The third-order valence-corrected chi connectivity index (χ3v) is 4.15. The van der Waals surface area contributed by atoms with Gasteiger partial charge in [-0.05, 0) is 49.4 Å². The Balaban J connectivity index is 1.54. The second kappa shape index (κ2) is 9.47. The van der Waals surface area contributed by atoms with Crippen molar-refractivity contribution >= 4 is 46.1 Å². The quantitative estimate of drug-likeness (QED) is 0.482. The molecule has 2 amide bonds. The third-order valence-electron chi connectivity index (χ3n) is 4.15. The van der Waals surface area contributed by atoms with E-state index < -0.39 is 18.0 Å². The van der Waals surface area contributed by atoms with Gasteiger partial charge in [0, 0.05) is 29.8 Å². The van der Waals surface area contributed by atoms with Crippen LogP contribution in [-0.4, -0.2) is 28.9 Å². The fraction of sp³-hybridized carbons (Fsp3) is 0.130. The lowest BCUT2D eigenvalue weighted by atomic mass is 10.2. The largest absolute Gasteiger partial charge is 0.449 e. The number of esters is 1. The molecular formula is C23H21N3O4. The van der Waals surface area contributed by atoms with E-state index in [1.165, 1.54) is 19.9 Å². The molecule has 0 fully saturated rings. The summed E-state index contributed by atoms with van der Waals surface area (Å²) in [5.41, 5.74) is 2.58. The van der Waals surface area contributed by atoms with Gasteiger partial charge in [0.2, 0.25) is 5.91 Å². The standard InChI is InChI=1S/C23H21N3O4/c1-15(23(29)26-20-11-9-18(10-12-20)24-16(2)27)30-22(28)14-13-19-8-7-17-5-3-4-6-21(17)25-19/h3-15H,1-2H3,(H,24,27)(H,26,29). The molecular weight excluding hydrogens is 382 g/mol. The van der Waals surface area contributed by atoms with Crippen molar-refractivity contribution in [3.8, 4) is 0 Å². The molecule has 7 heteroatoms. The number of para-hydroxylation sites is 1. The molecule has 7 nitrogen and oxygen atoms in total. The summed E-state index contributed by atoms with van der Waals surface area (Å²) in [7, 11) is 0. The van der Waals surface area contributed by atoms with Crippen molar-refractivity contribution in [2.75, 3.05) is 10.6 Å². The number of ether oxygens (including phenoxy) is 1. The Kier molecular flexibility index (Phi) is 6.54. The highest BCUT2D eigenvalue weighted by molar-refractivity contribution is 5.97. The molecule has 2 aromatic carbocycles. The molecule has 1 atom stereocenters. The van der Waals surface area contributed by atoms with Crippen LogP contribution in [0.25, 0.3) is 17.0 Å². The van der Waals surface area contributed by atoms with E-state index in [9.17, 15) is 14.4 Å². The minimum Gasteiger partial charge on any atom is -0.449 e. The van der Waals surface area contributed by atoms with E-state index in [1.807, 2.05) is 30.3 Å². The predicted octanol–water partition coefficient (Wildman–Crippen LogP) is 3.78. The minimum atomic E-state index is -0.985. The number of nitrogens with one attached hydrogen (secondary N) is 2. The zero-order chi connectivity index (χ0) is 21.5.